The summed E-state index contributed by atoms with van der Waals surface area (Å²) in [4.78, 5) is 21.8. The van der Waals surface area contributed by atoms with Crippen molar-refractivity contribution >= 4 is 32.5 Å². The van der Waals surface area contributed by atoms with E-state index in [1.807, 2.05) is 35.2 Å². The highest BCUT2D eigenvalue weighted by atomic mass is 32.2. The van der Waals surface area contributed by atoms with Gasteiger partial charge in [0.25, 0.3) is 15.9 Å². The third-order valence-corrected chi connectivity index (χ3v) is 8.55. The Morgan fingerprint density at radius 2 is 1.73 bits per heavy atom. The number of hydrogen-bond donors (Lipinski definition) is 1. The Bertz CT molecular complexity index is 1640. The predicted molar refractivity (Wildman–Crippen MR) is 154 cm³/mol. The molecule has 9 nitrogen and oxygen atoms in total. The monoisotopic (exact) mass is 560 g/mol. The quantitative estimate of drug-likeness (QED) is 0.343. The smallest absolute Gasteiger partial charge is 0.264 e. The Balaban J connectivity index is 1.23. The van der Waals surface area contributed by atoms with Crippen LogP contribution in [0.25, 0.3) is 10.9 Å². The topological polar surface area (TPSA) is 101 Å². The van der Waals surface area contributed by atoms with Crippen LogP contribution >= 0.6 is 0 Å². The fourth-order valence-electron chi connectivity index (χ4n) is 4.92. The number of carbonyl (C=O) groups excluding carboxylic acids is 1. The first-order chi connectivity index (χ1) is 19.3. The molecule has 1 aliphatic heterocycles. The van der Waals surface area contributed by atoms with Crippen LogP contribution in [0.15, 0.2) is 77.8 Å². The van der Waals surface area contributed by atoms with Crippen molar-refractivity contribution < 1.29 is 22.7 Å². The summed E-state index contributed by atoms with van der Waals surface area (Å²) in [6, 6.07) is 19.5. The molecule has 1 fully saturated rings. The Morgan fingerprint density at radius 1 is 0.950 bits per heavy atom. The van der Waals surface area contributed by atoms with Crippen molar-refractivity contribution in [1.29, 1.82) is 0 Å². The molecule has 0 aliphatic carbocycles. The Hall–Kier alpha value is -4.15. The minimum atomic E-state index is -3.89. The van der Waals surface area contributed by atoms with E-state index >= 15 is 0 Å². The van der Waals surface area contributed by atoms with Gasteiger partial charge in [0, 0.05) is 61.5 Å². The molecule has 0 spiro atoms. The molecule has 0 atom stereocenters. The second kappa shape index (κ2) is 11.5. The summed E-state index contributed by atoms with van der Waals surface area (Å²) in [7, 11) is -0.612. The number of nitrogens with one attached hydrogen (secondary N) is 1. The SMILES string of the molecule is COc1ccc(CN2CCN(C(=O)c3ccc(NS(=O)(=O)c4cccc5cccnc45)c(C)c3)CC2)c(OC)c1. The highest BCUT2D eigenvalue weighted by Gasteiger charge is 2.24. The maximum absolute atomic E-state index is 13.3. The minimum absolute atomic E-state index is 0.0718. The van der Waals surface area contributed by atoms with Crippen LogP contribution in [-0.2, 0) is 16.6 Å². The van der Waals surface area contributed by atoms with Gasteiger partial charge in [0.05, 0.1) is 25.4 Å². The lowest BCUT2D eigenvalue weighted by Gasteiger charge is -2.35. The maximum atomic E-state index is 13.3. The van der Waals surface area contributed by atoms with E-state index in [0.717, 1.165) is 42.1 Å². The number of piperazine rings is 1. The lowest BCUT2D eigenvalue weighted by Crippen LogP contribution is -2.48. The van der Waals surface area contributed by atoms with Crippen LogP contribution in [0.3, 0.4) is 0 Å². The predicted octanol–water partition coefficient (Wildman–Crippen LogP) is 4.32. The summed E-state index contributed by atoms with van der Waals surface area (Å²) in [6.45, 7) is 5.16. The van der Waals surface area contributed by atoms with E-state index < -0.39 is 10.0 Å². The Labute approximate surface area is 234 Å². The van der Waals surface area contributed by atoms with Crippen LogP contribution in [0.4, 0.5) is 5.69 Å². The largest absolute Gasteiger partial charge is 0.497 e. The van der Waals surface area contributed by atoms with E-state index in [1.54, 1.807) is 57.7 Å². The first-order valence-corrected chi connectivity index (χ1v) is 14.5. The summed E-state index contributed by atoms with van der Waals surface area (Å²) < 4.78 is 39.9. The molecule has 0 saturated carbocycles. The zero-order valence-electron chi connectivity index (χ0n) is 22.8. The Morgan fingerprint density at radius 3 is 2.45 bits per heavy atom. The molecule has 2 heterocycles. The zero-order valence-corrected chi connectivity index (χ0v) is 23.6. The van der Waals surface area contributed by atoms with E-state index in [2.05, 4.69) is 14.6 Å². The number of sulfonamides is 1. The van der Waals surface area contributed by atoms with Gasteiger partial charge in [-0.1, -0.05) is 24.3 Å². The van der Waals surface area contributed by atoms with E-state index in [4.69, 9.17) is 9.47 Å². The van der Waals surface area contributed by atoms with E-state index in [-0.39, 0.29) is 10.8 Å². The van der Waals surface area contributed by atoms with Crippen molar-refractivity contribution in [2.24, 2.45) is 0 Å². The van der Waals surface area contributed by atoms with E-state index in [0.29, 0.717) is 35.4 Å². The van der Waals surface area contributed by atoms with Crippen LogP contribution in [-0.4, -0.2) is 69.5 Å². The summed E-state index contributed by atoms with van der Waals surface area (Å²) in [5.41, 5.74) is 3.08. The van der Waals surface area contributed by atoms with Gasteiger partial charge in [-0.3, -0.25) is 19.4 Å². The molecule has 0 radical (unpaired) electrons. The molecule has 1 saturated heterocycles. The van der Waals surface area contributed by atoms with Gasteiger partial charge in [0.15, 0.2) is 0 Å². The van der Waals surface area contributed by atoms with Crippen LogP contribution in [0, 0.1) is 6.92 Å². The van der Waals surface area contributed by atoms with E-state index in [1.165, 1.54) is 6.07 Å². The standard InChI is InChI=1S/C30H32N4O5S/c1-21-18-23(10-12-26(21)32-40(36,37)28-8-4-6-22-7-5-13-31-29(22)28)30(35)34-16-14-33(15-17-34)20-24-9-11-25(38-2)19-27(24)39-3/h4-13,18-19,32H,14-17,20H2,1-3H3. The van der Waals surface area contributed by atoms with Crippen molar-refractivity contribution in [3.8, 4) is 11.5 Å². The van der Waals surface area contributed by atoms with Crippen molar-refractivity contribution in [1.82, 2.24) is 14.8 Å². The molecule has 40 heavy (non-hydrogen) atoms. The molecular formula is C30H32N4O5S. The second-order valence-electron chi connectivity index (χ2n) is 9.71. The highest BCUT2D eigenvalue weighted by Crippen LogP contribution is 2.27. The van der Waals surface area contributed by atoms with E-state index in [9.17, 15) is 13.2 Å². The Kier molecular flexibility index (Phi) is 7.90. The number of hydrogen-bond acceptors (Lipinski definition) is 7. The van der Waals surface area contributed by atoms with Crippen molar-refractivity contribution in [2.75, 3.05) is 45.1 Å². The normalized spacial score (nSPS) is 14.2. The van der Waals surface area contributed by atoms with Gasteiger partial charge in [-0.15, -0.1) is 0 Å². The fourth-order valence-corrected chi connectivity index (χ4v) is 6.23. The second-order valence-corrected chi connectivity index (χ2v) is 11.4. The third-order valence-electron chi connectivity index (χ3n) is 7.15. The number of methoxy groups -OCH3 is 2. The molecule has 4 aromatic rings. The summed E-state index contributed by atoms with van der Waals surface area (Å²) >= 11 is 0. The first kappa shape index (κ1) is 27.4. The van der Waals surface area contributed by atoms with Gasteiger partial charge < -0.3 is 14.4 Å². The third kappa shape index (κ3) is 5.73. The average Bonchev–Trinajstić information content (AvgIpc) is 2.98. The van der Waals surface area contributed by atoms with Gasteiger partial charge in [0.2, 0.25) is 0 Å². The molecule has 1 aliphatic rings. The molecule has 1 N–H and O–H groups in total. The number of para-hydroxylation sites is 1. The highest BCUT2D eigenvalue weighted by molar-refractivity contribution is 7.93. The number of fused-ring (bicyclic) bond motifs is 1. The molecule has 1 aromatic heterocycles. The molecule has 10 heteroatoms. The molecule has 208 valence electrons. The van der Waals surface area contributed by atoms with Gasteiger partial charge in [-0.05, 0) is 48.9 Å². The lowest BCUT2D eigenvalue weighted by molar-refractivity contribution is 0.0627. The van der Waals surface area contributed by atoms with Crippen LogP contribution in [0.2, 0.25) is 0 Å². The van der Waals surface area contributed by atoms with Gasteiger partial charge in [-0.25, -0.2) is 8.42 Å². The summed E-state index contributed by atoms with van der Waals surface area (Å²) in [5, 5.41) is 0.742. The van der Waals surface area contributed by atoms with Crippen LogP contribution in [0.1, 0.15) is 21.5 Å². The van der Waals surface area contributed by atoms with Crippen LogP contribution in [0.5, 0.6) is 11.5 Å². The number of ether oxygens (including phenoxy) is 2. The number of benzene rings is 3. The number of rotatable bonds is 8. The number of aromatic nitrogens is 1. The first-order valence-electron chi connectivity index (χ1n) is 13.0. The number of pyridine rings is 1. The van der Waals surface area contributed by atoms with Crippen molar-refractivity contribution in [3.63, 3.8) is 0 Å². The average molecular weight is 561 g/mol. The van der Waals surface area contributed by atoms with Gasteiger partial charge >= 0.3 is 0 Å². The molecule has 3 aromatic carbocycles. The van der Waals surface area contributed by atoms with Gasteiger partial charge in [-0.2, -0.15) is 0 Å². The molecule has 1 amide bonds. The molecule has 0 unspecified atom stereocenters. The maximum Gasteiger partial charge on any atom is 0.264 e. The zero-order chi connectivity index (χ0) is 28.3. The van der Waals surface area contributed by atoms with Crippen molar-refractivity contribution in [3.05, 3.63) is 89.6 Å². The molecular weight excluding hydrogens is 528 g/mol. The van der Waals surface area contributed by atoms with Crippen molar-refractivity contribution in [2.45, 2.75) is 18.4 Å². The summed E-state index contributed by atoms with van der Waals surface area (Å²) in [6.07, 6.45) is 1.57. The number of nitrogens with zero attached hydrogens (tertiary/aromatic N) is 3. The molecule has 0 bridgehead atoms. The van der Waals surface area contributed by atoms with Gasteiger partial charge in [0.1, 0.15) is 16.4 Å². The number of carbonyl (C=O) groups is 1. The minimum Gasteiger partial charge on any atom is -0.497 e. The molecule has 5 rings (SSSR count). The fraction of sp³-hybridized carbons (Fsp3) is 0.267. The lowest BCUT2D eigenvalue weighted by atomic mass is 10.1. The number of amides is 1. The number of anilines is 1. The summed E-state index contributed by atoms with van der Waals surface area (Å²) in [5.74, 6) is 1.45. The number of aryl methyl sites for hydroxylation is 1. The van der Waals surface area contributed by atoms with Crippen LogP contribution < -0.4 is 14.2 Å².